The SMILES string of the molecule is O=C(CC(O)(c1nc2ccccc2s1)C(F)(F)F)Nc1cccc(C(=O)NC2CC2)c1. The van der Waals surface area contributed by atoms with Gasteiger partial charge < -0.3 is 15.7 Å². The summed E-state index contributed by atoms with van der Waals surface area (Å²) in [6.45, 7) is 0. The highest BCUT2D eigenvalue weighted by molar-refractivity contribution is 7.18. The lowest BCUT2D eigenvalue weighted by Gasteiger charge is -2.27. The molecule has 1 atom stereocenters. The zero-order valence-corrected chi connectivity index (χ0v) is 16.9. The van der Waals surface area contributed by atoms with Crippen molar-refractivity contribution in [2.45, 2.75) is 37.1 Å². The molecule has 1 aliphatic carbocycles. The first-order valence-electron chi connectivity index (χ1n) is 9.52. The number of carbonyl (C=O) groups excluding carboxylic acids is 2. The lowest BCUT2D eigenvalue weighted by atomic mass is 9.99. The topological polar surface area (TPSA) is 91.3 Å². The first-order valence-corrected chi connectivity index (χ1v) is 10.3. The van der Waals surface area contributed by atoms with Crippen molar-refractivity contribution in [3.8, 4) is 0 Å². The molecule has 1 aliphatic rings. The summed E-state index contributed by atoms with van der Waals surface area (Å²) in [5.74, 6) is -1.38. The second-order valence-electron chi connectivity index (χ2n) is 7.40. The average Bonchev–Trinajstić information content (AvgIpc) is 3.41. The maximum atomic E-state index is 13.8. The number of amides is 2. The van der Waals surface area contributed by atoms with Gasteiger partial charge in [-0.1, -0.05) is 18.2 Å². The van der Waals surface area contributed by atoms with Crippen LogP contribution in [0.15, 0.2) is 48.5 Å². The standard InChI is InChI=1S/C21H18F3N3O3S/c22-21(23,24)20(30,19-27-15-6-1-2-7-16(15)31-19)11-17(28)25-14-5-3-4-12(10-14)18(29)26-13-8-9-13/h1-7,10,13,30H,8-9,11H2,(H,25,28)(H,26,29). The van der Waals surface area contributed by atoms with Gasteiger partial charge in [0.25, 0.3) is 5.91 Å². The summed E-state index contributed by atoms with van der Waals surface area (Å²) < 4.78 is 41.9. The van der Waals surface area contributed by atoms with Crippen LogP contribution in [0.25, 0.3) is 10.2 Å². The van der Waals surface area contributed by atoms with E-state index in [1.54, 1.807) is 24.3 Å². The molecule has 0 radical (unpaired) electrons. The molecule has 0 aliphatic heterocycles. The second kappa shape index (κ2) is 7.93. The summed E-state index contributed by atoms with van der Waals surface area (Å²) >= 11 is 0.683. The van der Waals surface area contributed by atoms with Gasteiger partial charge in [-0.05, 0) is 43.2 Å². The molecule has 4 rings (SSSR count). The Morgan fingerprint density at radius 1 is 1.13 bits per heavy atom. The lowest BCUT2D eigenvalue weighted by molar-refractivity contribution is -0.266. The maximum absolute atomic E-state index is 13.8. The van der Waals surface area contributed by atoms with Gasteiger partial charge in [-0.3, -0.25) is 9.59 Å². The third-order valence-electron chi connectivity index (χ3n) is 4.85. The van der Waals surface area contributed by atoms with Crippen LogP contribution in [0.1, 0.15) is 34.6 Å². The number of nitrogens with one attached hydrogen (secondary N) is 2. The quantitative estimate of drug-likeness (QED) is 0.531. The summed E-state index contributed by atoms with van der Waals surface area (Å²) in [6.07, 6.45) is -4.58. The fraction of sp³-hybridized carbons (Fsp3) is 0.286. The monoisotopic (exact) mass is 449 g/mol. The molecular weight excluding hydrogens is 431 g/mol. The average molecular weight is 449 g/mol. The molecule has 1 unspecified atom stereocenters. The Balaban J connectivity index is 1.54. The number of aliphatic hydroxyl groups is 1. The zero-order chi connectivity index (χ0) is 22.2. The molecule has 3 aromatic rings. The van der Waals surface area contributed by atoms with Crippen molar-refractivity contribution in [1.82, 2.24) is 10.3 Å². The minimum atomic E-state index is -5.12. The van der Waals surface area contributed by atoms with Crippen LogP contribution in [-0.4, -0.2) is 34.1 Å². The van der Waals surface area contributed by atoms with E-state index in [1.807, 2.05) is 0 Å². The van der Waals surface area contributed by atoms with Crippen molar-refractivity contribution < 1.29 is 27.9 Å². The van der Waals surface area contributed by atoms with Crippen molar-refractivity contribution in [3.63, 3.8) is 0 Å². The molecule has 1 fully saturated rings. The van der Waals surface area contributed by atoms with Crippen LogP contribution >= 0.6 is 11.3 Å². The van der Waals surface area contributed by atoms with Crippen LogP contribution in [0.5, 0.6) is 0 Å². The van der Waals surface area contributed by atoms with Gasteiger partial charge in [0.15, 0.2) is 0 Å². The smallest absolute Gasteiger partial charge is 0.374 e. The van der Waals surface area contributed by atoms with E-state index in [-0.39, 0.29) is 23.2 Å². The Morgan fingerprint density at radius 3 is 2.55 bits per heavy atom. The van der Waals surface area contributed by atoms with Gasteiger partial charge in [0, 0.05) is 17.3 Å². The molecule has 0 saturated heterocycles. The molecule has 0 spiro atoms. The summed E-state index contributed by atoms with van der Waals surface area (Å²) in [5, 5.41) is 15.0. The molecule has 1 aromatic heterocycles. The number of aromatic nitrogens is 1. The number of hydrogen-bond acceptors (Lipinski definition) is 5. The second-order valence-corrected chi connectivity index (χ2v) is 8.43. The number of carbonyl (C=O) groups is 2. The first kappa shape index (κ1) is 21.3. The predicted octanol–water partition coefficient (Wildman–Crippen LogP) is 3.97. The number of anilines is 1. The Bertz CT molecular complexity index is 1110. The highest BCUT2D eigenvalue weighted by atomic mass is 32.1. The number of alkyl halides is 3. The van der Waals surface area contributed by atoms with Gasteiger partial charge in [-0.2, -0.15) is 13.2 Å². The minimum Gasteiger partial charge on any atom is -0.374 e. The fourth-order valence-corrected chi connectivity index (χ4v) is 4.09. The van der Waals surface area contributed by atoms with Gasteiger partial charge in [0.1, 0.15) is 5.01 Å². The molecule has 1 saturated carbocycles. The molecule has 2 aromatic carbocycles. The number of thiazole rings is 1. The van der Waals surface area contributed by atoms with E-state index in [2.05, 4.69) is 15.6 Å². The van der Waals surface area contributed by atoms with Crippen LogP contribution in [0, 0.1) is 0 Å². The Morgan fingerprint density at radius 2 is 1.87 bits per heavy atom. The number of fused-ring (bicyclic) bond motifs is 1. The molecule has 31 heavy (non-hydrogen) atoms. The van der Waals surface area contributed by atoms with Crippen molar-refractivity contribution in [3.05, 3.63) is 59.1 Å². The number of rotatable bonds is 6. The van der Waals surface area contributed by atoms with E-state index in [1.165, 1.54) is 24.3 Å². The van der Waals surface area contributed by atoms with Crippen molar-refractivity contribution >= 4 is 39.1 Å². The molecule has 0 bridgehead atoms. The highest BCUT2D eigenvalue weighted by Gasteiger charge is 2.58. The van der Waals surface area contributed by atoms with E-state index in [0.29, 0.717) is 21.6 Å². The molecule has 2 amide bonds. The summed E-state index contributed by atoms with van der Waals surface area (Å²) in [7, 11) is 0. The van der Waals surface area contributed by atoms with Gasteiger partial charge in [0.05, 0.1) is 16.6 Å². The largest absolute Gasteiger partial charge is 0.424 e. The summed E-state index contributed by atoms with van der Waals surface area (Å²) in [6, 6.07) is 12.4. The summed E-state index contributed by atoms with van der Waals surface area (Å²) in [5.41, 5.74) is -2.70. The highest BCUT2D eigenvalue weighted by Crippen LogP contribution is 2.44. The van der Waals surface area contributed by atoms with E-state index in [4.69, 9.17) is 0 Å². The first-order chi connectivity index (χ1) is 14.7. The van der Waals surface area contributed by atoms with Crippen molar-refractivity contribution in [1.29, 1.82) is 0 Å². The normalized spacial score (nSPS) is 16.0. The maximum Gasteiger partial charge on any atom is 0.424 e. The number of halogens is 3. The minimum absolute atomic E-state index is 0.140. The van der Waals surface area contributed by atoms with Crippen LogP contribution < -0.4 is 10.6 Å². The van der Waals surface area contributed by atoms with Gasteiger partial charge >= 0.3 is 6.18 Å². The Kier molecular flexibility index (Phi) is 5.44. The molecule has 162 valence electrons. The van der Waals surface area contributed by atoms with Gasteiger partial charge in [0.2, 0.25) is 11.5 Å². The number of nitrogens with zero attached hydrogens (tertiary/aromatic N) is 1. The van der Waals surface area contributed by atoms with Crippen LogP contribution in [-0.2, 0) is 10.4 Å². The van der Waals surface area contributed by atoms with E-state index in [9.17, 15) is 27.9 Å². The summed E-state index contributed by atoms with van der Waals surface area (Å²) in [4.78, 5) is 28.5. The molecule has 3 N–H and O–H groups in total. The third-order valence-corrected chi connectivity index (χ3v) is 6.04. The van der Waals surface area contributed by atoms with E-state index >= 15 is 0 Å². The van der Waals surface area contributed by atoms with E-state index in [0.717, 1.165) is 12.8 Å². The zero-order valence-electron chi connectivity index (χ0n) is 16.1. The fourth-order valence-electron chi connectivity index (χ4n) is 3.02. The number of para-hydroxylation sites is 1. The van der Waals surface area contributed by atoms with Crippen molar-refractivity contribution in [2.75, 3.05) is 5.32 Å². The number of benzene rings is 2. The van der Waals surface area contributed by atoms with Gasteiger partial charge in [-0.25, -0.2) is 4.98 Å². The van der Waals surface area contributed by atoms with Crippen molar-refractivity contribution in [2.24, 2.45) is 0 Å². The molecule has 10 heteroatoms. The molecular formula is C21H18F3N3O3S. The van der Waals surface area contributed by atoms with E-state index < -0.39 is 29.1 Å². The Hall–Kier alpha value is -2.98. The molecule has 6 nitrogen and oxygen atoms in total. The third kappa shape index (κ3) is 4.54. The number of hydrogen-bond donors (Lipinski definition) is 3. The predicted molar refractivity (Wildman–Crippen MR) is 110 cm³/mol. The Labute approximate surface area is 179 Å². The lowest BCUT2D eigenvalue weighted by Crippen LogP contribution is -2.45. The van der Waals surface area contributed by atoms with Crippen LogP contribution in [0.2, 0.25) is 0 Å². The van der Waals surface area contributed by atoms with Crippen LogP contribution in [0.3, 0.4) is 0 Å². The molecule has 1 heterocycles. The van der Waals surface area contributed by atoms with Gasteiger partial charge in [-0.15, -0.1) is 11.3 Å². The van der Waals surface area contributed by atoms with Crippen LogP contribution in [0.4, 0.5) is 18.9 Å².